The number of hydrogen-bond donors (Lipinski definition) is 4. The summed E-state index contributed by atoms with van der Waals surface area (Å²) in [5, 5.41) is 8.17. The summed E-state index contributed by atoms with van der Waals surface area (Å²) in [5.41, 5.74) is 14.1. The van der Waals surface area contributed by atoms with Gasteiger partial charge in [0, 0.05) is 17.0 Å². The number of carbonyl (C=O) groups excluding carboxylic acids is 3. The number of nitrogens with one attached hydrogen (secondary N) is 2. The molecule has 0 bridgehead atoms. The van der Waals surface area contributed by atoms with Crippen LogP contribution in [0.4, 0.5) is 11.1 Å². The van der Waals surface area contributed by atoms with Crippen LogP contribution in [0, 0.1) is 12.8 Å². The van der Waals surface area contributed by atoms with Crippen molar-refractivity contribution in [3.8, 4) is 0 Å². The number of thiazole rings is 1. The summed E-state index contributed by atoms with van der Waals surface area (Å²) < 4.78 is 1.99. The topological polar surface area (TPSA) is 158 Å². The molecule has 11 heteroatoms. The maximum atomic E-state index is 13.6. The molecule has 0 saturated heterocycles. The number of nitrogens with two attached hydrogens (primary N) is 2. The summed E-state index contributed by atoms with van der Waals surface area (Å²) in [7, 11) is 0. The average Bonchev–Trinajstić information content (AvgIpc) is 3.55. The van der Waals surface area contributed by atoms with Gasteiger partial charge in [0.15, 0.2) is 17.0 Å². The van der Waals surface area contributed by atoms with Crippen molar-refractivity contribution in [1.29, 1.82) is 0 Å². The highest BCUT2D eigenvalue weighted by atomic mass is 32.1. The van der Waals surface area contributed by atoms with Crippen molar-refractivity contribution in [2.75, 3.05) is 10.6 Å². The monoisotopic (exact) mass is 511 g/mol. The van der Waals surface area contributed by atoms with Crippen molar-refractivity contribution < 1.29 is 14.4 Å². The fourth-order valence-electron chi connectivity index (χ4n) is 4.70. The molecule has 1 aliphatic carbocycles. The zero-order valence-electron chi connectivity index (χ0n) is 20.8. The summed E-state index contributed by atoms with van der Waals surface area (Å²) in [6.07, 6.45) is 4.51. The lowest BCUT2D eigenvalue weighted by atomic mass is 9.96. The molecule has 1 aromatic carbocycles. The SMILES string of the molecule is Cc1csc(N[C@H](C(=O)Nc2nc3cc(C(N)=O)ccc3n2C2CCCC2)C(=O)[C@@H](N)CC(C)C)n1. The van der Waals surface area contributed by atoms with Crippen LogP contribution < -0.4 is 22.1 Å². The van der Waals surface area contributed by atoms with Gasteiger partial charge < -0.3 is 21.4 Å². The van der Waals surface area contributed by atoms with E-state index in [0.717, 1.165) is 36.9 Å². The molecule has 36 heavy (non-hydrogen) atoms. The third kappa shape index (κ3) is 5.57. The first-order valence-corrected chi connectivity index (χ1v) is 13.1. The molecule has 4 rings (SSSR count). The van der Waals surface area contributed by atoms with Gasteiger partial charge in [0.05, 0.1) is 22.8 Å². The number of hydrogen-bond acceptors (Lipinski definition) is 8. The predicted octanol–water partition coefficient (Wildman–Crippen LogP) is 3.38. The maximum Gasteiger partial charge on any atom is 0.257 e. The Morgan fingerprint density at radius 3 is 2.53 bits per heavy atom. The summed E-state index contributed by atoms with van der Waals surface area (Å²) in [6.45, 7) is 5.79. The molecular weight excluding hydrogens is 478 g/mol. The Hall–Kier alpha value is -3.31. The number of imidazole rings is 1. The second-order valence-corrected chi connectivity index (χ2v) is 10.7. The first kappa shape index (κ1) is 25.8. The van der Waals surface area contributed by atoms with E-state index in [4.69, 9.17) is 11.5 Å². The van der Waals surface area contributed by atoms with Gasteiger partial charge in [-0.15, -0.1) is 11.3 Å². The van der Waals surface area contributed by atoms with Gasteiger partial charge in [-0.3, -0.25) is 19.7 Å². The highest BCUT2D eigenvalue weighted by molar-refractivity contribution is 7.13. The maximum absolute atomic E-state index is 13.6. The number of amides is 2. The second kappa shape index (κ2) is 10.8. The molecule has 2 heterocycles. The minimum absolute atomic E-state index is 0.150. The van der Waals surface area contributed by atoms with Crippen LogP contribution in [0.25, 0.3) is 11.0 Å². The van der Waals surface area contributed by atoms with Crippen LogP contribution in [0.2, 0.25) is 0 Å². The van der Waals surface area contributed by atoms with Crippen molar-refractivity contribution in [3.05, 3.63) is 34.8 Å². The molecule has 0 radical (unpaired) electrons. The quantitative estimate of drug-likeness (QED) is 0.304. The Morgan fingerprint density at radius 1 is 1.19 bits per heavy atom. The lowest BCUT2D eigenvalue weighted by Gasteiger charge is -2.22. The first-order chi connectivity index (χ1) is 17.1. The van der Waals surface area contributed by atoms with Crippen LogP contribution >= 0.6 is 11.3 Å². The fourth-order valence-corrected chi connectivity index (χ4v) is 5.42. The van der Waals surface area contributed by atoms with Crippen molar-refractivity contribution in [3.63, 3.8) is 0 Å². The molecule has 10 nitrogen and oxygen atoms in total. The van der Waals surface area contributed by atoms with Gasteiger partial charge in [-0.25, -0.2) is 9.97 Å². The molecule has 2 amide bonds. The van der Waals surface area contributed by atoms with E-state index in [1.54, 1.807) is 18.2 Å². The molecule has 0 aliphatic heterocycles. The number of rotatable bonds is 10. The molecule has 2 atom stereocenters. The van der Waals surface area contributed by atoms with E-state index >= 15 is 0 Å². The number of carbonyl (C=O) groups is 3. The Labute approximate surface area is 213 Å². The van der Waals surface area contributed by atoms with Crippen LogP contribution in [-0.4, -0.2) is 44.2 Å². The van der Waals surface area contributed by atoms with Gasteiger partial charge in [0.2, 0.25) is 11.9 Å². The van der Waals surface area contributed by atoms with Gasteiger partial charge in [-0.2, -0.15) is 0 Å². The van der Waals surface area contributed by atoms with Crippen molar-refractivity contribution in [2.24, 2.45) is 17.4 Å². The van der Waals surface area contributed by atoms with Gasteiger partial charge in [0.25, 0.3) is 5.91 Å². The van der Waals surface area contributed by atoms with E-state index in [1.165, 1.54) is 11.3 Å². The zero-order valence-corrected chi connectivity index (χ0v) is 21.6. The van der Waals surface area contributed by atoms with E-state index in [0.29, 0.717) is 28.6 Å². The Balaban J connectivity index is 1.69. The van der Waals surface area contributed by atoms with Crippen LogP contribution in [0.1, 0.15) is 68.0 Å². The average molecular weight is 512 g/mol. The number of Topliss-reactive ketones (excluding diaryl/α,β-unsaturated/α-hetero) is 1. The van der Waals surface area contributed by atoms with Gasteiger partial charge >= 0.3 is 0 Å². The van der Waals surface area contributed by atoms with Crippen molar-refractivity contribution in [2.45, 2.75) is 71.0 Å². The number of aryl methyl sites for hydroxylation is 1. The Morgan fingerprint density at radius 2 is 1.92 bits per heavy atom. The first-order valence-electron chi connectivity index (χ1n) is 12.2. The molecule has 0 unspecified atom stereocenters. The summed E-state index contributed by atoms with van der Waals surface area (Å²) in [4.78, 5) is 47.6. The lowest BCUT2D eigenvalue weighted by molar-refractivity contribution is -0.127. The predicted molar refractivity (Wildman–Crippen MR) is 141 cm³/mol. The molecule has 3 aromatic rings. The molecule has 6 N–H and O–H groups in total. The van der Waals surface area contributed by atoms with E-state index in [9.17, 15) is 14.4 Å². The van der Waals surface area contributed by atoms with E-state index in [-0.39, 0.29) is 12.0 Å². The largest absolute Gasteiger partial charge is 0.366 e. The third-order valence-electron chi connectivity index (χ3n) is 6.42. The summed E-state index contributed by atoms with van der Waals surface area (Å²) >= 11 is 1.32. The molecule has 2 aromatic heterocycles. The van der Waals surface area contributed by atoms with Crippen molar-refractivity contribution >= 4 is 51.0 Å². The summed E-state index contributed by atoms with van der Waals surface area (Å²) in [6, 6.07) is 3.19. The minimum Gasteiger partial charge on any atom is -0.366 e. The molecule has 1 fully saturated rings. The minimum atomic E-state index is -1.23. The highest BCUT2D eigenvalue weighted by Gasteiger charge is 2.33. The number of nitrogens with zero attached hydrogens (tertiary/aromatic N) is 3. The van der Waals surface area contributed by atoms with Crippen LogP contribution in [0.15, 0.2) is 23.6 Å². The number of anilines is 2. The van der Waals surface area contributed by atoms with Gasteiger partial charge in [-0.1, -0.05) is 26.7 Å². The van der Waals surface area contributed by atoms with Crippen molar-refractivity contribution in [1.82, 2.24) is 14.5 Å². The molecule has 192 valence electrons. The lowest BCUT2D eigenvalue weighted by Crippen LogP contribution is -2.49. The fraction of sp³-hybridized carbons (Fsp3) is 0.480. The number of primary amides is 1. The van der Waals surface area contributed by atoms with E-state index in [2.05, 4.69) is 20.6 Å². The Bertz CT molecular complexity index is 1280. The highest BCUT2D eigenvalue weighted by Crippen LogP contribution is 2.35. The molecule has 0 spiro atoms. The molecular formula is C25H33N7O3S. The zero-order chi connectivity index (χ0) is 26.0. The van der Waals surface area contributed by atoms with Gasteiger partial charge in [0.1, 0.15) is 0 Å². The Kier molecular flexibility index (Phi) is 7.70. The molecule has 1 saturated carbocycles. The number of ketones is 1. The van der Waals surface area contributed by atoms with E-state index < -0.39 is 29.7 Å². The van der Waals surface area contributed by atoms with Crippen LogP contribution in [0.5, 0.6) is 0 Å². The third-order valence-corrected chi connectivity index (χ3v) is 7.31. The van der Waals surface area contributed by atoms with E-state index in [1.807, 2.05) is 30.7 Å². The standard InChI is InChI=1S/C25H33N7O3S/c1-13(2)10-17(26)21(33)20(30-25-28-14(3)12-36-25)23(35)31-24-29-18-11-15(22(27)34)8-9-19(18)32(24)16-6-4-5-7-16/h8-9,11-13,16-17,20H,4-7,10,26H2,1-3H3,(H2,27,34)(H,28,30)(H,29,31,35)/t17-,20-/m0/s1. The molecule has 1 aliphatic rings. The number of benzene rings is 1. The second-order valence-electron chi connectivity index (χ2n) is 9.81. The normalized spacial score (nSPS) is 15.8. The smallest absolute Gasteiger partial charge is 0.257 e. The summed E-state index contributed by atoms with van der Waals surface area (Å²) in [5.74, 6) is -0.993. The number of fused-ring (bicyclic) bond motifs is 1. The number of aromatic nitrogens is 3. The van der Waals surface area contributed by atoms with Gasteiger partial charge in [-0.05, 0) is 50.3 Å². The van der Waals surface area contributed by atoms with Crippen LogP contribution in [-0.2, 0) is 9.59 Å². The van der Waals surface area contributed by atoms with Crippen LogP contribution in [0.3, 0.4) is 0 Å².